The van der Waals surface area contributed by atoms with Crippen molar-refractivity contribution in [3.05, 3.63) is 5.82 Å². The highest BCUT2D eigenvalue weighted by Gasteiger charge is 2.25. The minimum atomic E-state index is 0.183. The predicted molar refractivity (Wildman–Crippen MR) is 71.2 cm³/mol. The molecule has 0 saturated carbocycles. The maximum Gasteiger partial charge on any atom is 0.205 e. The van der Waals surface area contributed by atoms with Gasteiger partial charge in [-0.25, -0.2) is 4.98 Å². The van der Waals surface area contributed by atoms with Crippen LogP contribution in [0.2, 0.25) is 0 Å². The fourth-order valence-corrected chi connectivity index (χ4v) is 2.73. The highest BCUT2D eigenvalue weighted by atomic mass is 32.1. The molecule has 7 heteroatoms. The summed E-state index contributed by atoms with van der Waals surface area (Å²) in [5.41, 5.74) is 0. The van der Waals surface area contributed by atoms with Crippen LogP contribution in [0.15, 0.2) is 0 Å². The largest absolute Gasteiger partial charge is 0.395 e. The van der Waals surface area contributed by atoms with Crippen LogP contribution in [0.3, 0.4) is 0 Å². The first kappa shape index (κ1) is 13.7. The van der Waals surface area contributed by atoms with E-state index < -0.39 is 0 Å². The third-order valence-electron chi connectivity index (χ3n) is 3.25. The molecule has 1 aromatic rings. The molecule has 0 radical (unpaired) electrons. The van der Waals surface area contributed by atoms with E-state index in [0.717, 1.165) is 37.0 Å². The monoisotopic (exact) mass is 272 g/mol. The molecule has 0 aliphatic carbocycles. The molecule has 1 aromatic heterocycles. The van der Waals surface area contributed by atoms with E-state index in [1.54, 1.807) is 7.11 Å². The number of nitrogens with zero attached hydrogens (tertiary/aromatic N) is 4. The fraction of sp³-hybridized carbons (Fsp3) is 0.818. The Morgan fingerprint density at radius 3 is 3.06 bits per heavy atom. The molecule has 1 aliphatic rings. The SMILES string of the molecule is COCCc1nsc(N2CCN(C)C(CO)C2)n1. The number of rotatable bonds is 5. The van der Waals surface area contributed by atoms with Crippen LogP contribution in [0.1, 0.15) is 5.82 Å². The molecule has 18 heavy (non-hydrogen) atoms. The molecule has 1 aliphatic heterocycles. The molecule has 1 atom stereocenters. The summed E-state index contributed by atoms with van der Waals surface area (Å²) >= 11 is 1.43. The number of likely N-dealkylation sites (N-methyl/N-ethyl adjacent to an activating group) is 1. The molecule has 0 amide bonds. The maximum atomic E-state index is 9.33. The van der Waals surface area contributed by atoms with Gasteiger partial charge in [-0.1, -0.05) is 0 Å². The number of aliphatic hydroxyl groups excluding tert-OH is 1. The first-order valence-corrected chi connectivity index (χ1v) is 6.89. The van der Waals surface area contributed by atoms with Crippen LogP contribution in [-0.2, 0) is 11.2 Å². The minimum absolute atomic E-state index is 0.183. The van der Waals surface area contributed by atoms with Crippen molar-refractivity contribution in [1.82, 2.24) is 14.3 Å². The van der Waals surface area contributed by atoms with Crippen molar-refractivity contribution in [3.8, 4) is 0 Å². The average Bonchev–Trinajstić information content (AvgIpc) is 2.85. The van der Waals surface area contributed by atoms with Gasteiger partial charge in [0, 0.05) is 44.7 Å². The molecule has 0 spiro atoms. The van der Waals surface area contributed by atoms with Crippen LogP contribution in [0.5, 0.6) is 0 Å². The van der Waals surface area contributed by atoms with Crippen molar-refractivity contribution in [1.29, 1.82) is 0 Å². The topological polar surface area (TPSA) is 61.7 Å². The number of piperazine rings is 1. The number of hydrogen-bond donors (Lipinski definition) is 1. The Morgan fingerprint density at radius 1 is 1.50 bits per heavy atom. The van der Waals surface area contributed by atoms with E-state index in [1.807, 2.05) is 7.05 Å². The first-order valence-electron chi connectivity index (χ1n) is 6.12. The van der Waals surface area contributed by atoms with Gasteiger partial charge in [0.2, 0.25) is 5.13 Å². The van der Waals surface area contributed by atoms with E-state index in [9.17, 15) is 5.11 Å². The summed E-state index contributed by atoms with van der Waals surface area (Å²) in [7, 11) is 3.72. The second-order valence-corrected chi connectivity index (χ2v) is 5.23. The molecule has 6 nitrogen and oxygen atoms in total. The van der Waals surface area contributed by atoms with Crippen molar-refractivity contribution in [2.75, 3.05) is 51.9 Å². The van der Waals surface area contributed by atoms with Gasteiger partial charge in [0.25, 0.3) is 0 Å². The van der Waals surface area contributed by atoms with Crippen LogP contribution >= 0.6 is 11.5 Å². The summed E-state index contributed by atoms with van der Waals surface area (Å²) in [4.78, 5) is 8.91. The summed E-state index contributed by atoms with van der Waals surface area (Å²) in [5, 5.41) is 10.3. The second-order valence-electron chi connectivity index (χ2n) is 4.50. The van der Waals surface area contributed by atoms with E-state index in [-0.39, 0.29) is 12.6 Å². The van der Waals surface area contributed by atoms with Gasteiger partial charge in [0.1, 0.15) is 5.82 Å². The van der Waals surface area contributed by atoms with E-state index in [4.69, 9.17) is 4.74 Å². The Kier molecular flexibility index (Phi) is 4.87. The van der Waals surface area contributed by atoms with Gasteiger partial charge in [-0.15, -0.1) is 0 Å². The van der Waals surface area contributed by atoms with E-state index in [2.05, 4.69) is 19.2 Å². The van der Waals surface area contributed by atoms with Gasteiger partial charge in [-0.3, -0.25) is 4.90 Å². The maximum absolute atomic E-state index is 9.33. The zero-order chi connectivity index (χ0) is 13.0. The van der Waals surface area contributed by atoms with E-state index in [1.165, 1.54) is 11.5 Å². The average molecular weight is 272 g/mol. The molecule has 2 heterocycles. The number of aromatic nitrogens is 2. The lowest BCUT2D eigenvalue weighted by atomic mass is 10.2. The van der Waals surface area contributed by atoms with Crippen LogP contribution in [-0.4, -0.2) is 72.4 Å². The smallest absolute Gasteiger partial charge is 0.205 e. The molecule has 0 aromatic carbocycles. The third-order valence-corrected chi connectivity index (χ3v) is 4.06. The van der Waals surface area contributed by atoms with Crippen molar-refractivity contribution in [3.63, 3.8) is 0 Å². The quantitative estimate of drug-likeness (QED) is 0.804. The highest BCUT2D eigenvalue weighted by molar-refractivity contribution is 7.09. The predicted octanol–water partition coefficient (Wildman–Crippen LogP) is -0.160. The Balaban J connectivity index is 1.96. The van der Waals surface area contributed by atoms with Crippen molar-refractivity contribution in [2.24, 2.45) is 0 Å². The summed E-state index contributed by atoms with van der Waals surface area (Å²) in [6.07, 6.45) is 0.754. The molecular formula is C11H20N4O2S. The lowest BCUT2D eigenvalue weighted by Gasteiger charge is -2.38. The molecule has 2 rings (SSSR count). The first-order chi connectivity index (χ1) is 8.74. The zero-order valence-corrected chi connectivity index (χ0v) is 11.7. The van der Waals surface area contributed by atoms with Gasteiger partial charge in [0.15, 0.2) is 0 Å². The summed E-state index contributed by atoms with van der Waals surface area (Å²) in [5.74, 6) is 0.844. The Hall–Kier alpha value is -0.760. The molecule has 1 saturated heterocycles. The van der Waals surface area contributed by atoms with E-state index in [0.29, 0.717) is 6.61 Å². The van der Waals surface area contributed by atoms with Crippen LogP contribution in [0.25, 0.3) is 0 Å². The van der Waals surface area contributed by atoms with Crippen LogP contribution in [0.4, 0.5) is 5.13 Å². The van der Waals surface area contributed by atoms with Crippen LogP contribution in [0, 0.1) is 0 Å². The highest BCUT2D eigenvalue weighted by Crippen LogP contribution is 2.20. The van der Waals surface area contributed by atoms with Crippen molar-refractivity contribution < 1.29 is 9.84 Å². The lowest BCUT2D eigenvalue weighted by Crippen LogP contribution is -2.53. The summed E-state index contributed by atoms with van der Waals surface area (Å²) < 4.78 is 9.35. The number of ether oxygens (including phenoxy) is 1. The standard InChI is InChI=1S/C11H20N4O2S/c1-14-4-5-15(7-9(14)8-16)11-12-10(13-18-11)3-6-17-2/h9,16H,3-8H2,1-2H3. The molecule has 1 N–H and O–H groups in total. The lowest BCUT2D eigenvalue weighted by molar-refractivity contribution is 0.135. The molecule has 102 valence electrons. The van der Waals surface area contributed by atoms with Gasteiger partial charge < -0.3 is 14.7 Å². The Bertz CT molecular complexity index is 374. The number of aliphatic hydroxyl groups is 1. The van der Waals surface area contributed by atoms with E-state index >= 15 is 0 Å². The second kappa shape index (κ2) is 6.42. The summed E-state index contributed by atoms with van der Waals surface area (Å²) in [6, 6.07) is 0.185. The molecule has 0 bridgehead atoms. The molecular weight excluding hydrogens is 252 g/mol. The van der Waals surface area contributed by atoms with Gasteiger partial charge in [0.05, 0.1) is 19.3 Å². The van der Waals surface area contributed by atoms with Crippen molar-refractivity contribution in [2.45, 2.75) is 12.5 Å². The minimum Gasteiger partial charge on any atom is -0.395 e. The number of methoxy groups -OCH3 is 1. The number of hydrogen-bond acceptors (Lipinski definition) is 7. The molecule has 1 unspecified atom stereocenters. The zero-order valence-electron chi connectivity index (χ0n) is 10.9. The Morgan fingerprint density at radius 2 is 2.33 bits per heavy atom. The number of anilines is 1. The van der Waals surface area contributed by atoms with Gasteiger partial charge in [-0.05, 0) is 7.05 Å². The Labute approximate surface area is 111 Å². The fourth-order valence-electron chi connectivity index (χ4n) is 1.99. The molecule has 1 fully saturated rings. The van der Waals surface area contributed by atoms with Crippen LogP contribution < -0.4 is 4.90 Å². The summed E-state index contributed by atoms with van der Waals surface area (Å²) in [6.45, 7) is 3.52. The third kappa shape index (κ3) is 3.17. The van der Waals surface area contributed by atoms with Crippen molar-refractivity contribution >= 4 is 16.7 Å². The normalized spacial score (nSPS) is 21.5. The van der Waals surface area contributed by atoms with Gasteiger partial charge in [-0.2, -0.15) is 4.37 Å². The van der Waals surface area contributed by atoms with Gasteiger partial charge >= 0.3 is 0 Å².